The van der Waals surface area contributed by atoms with Crippen LogP contribution in [0.15, 0.2) is 27.4 Å². The monoisotopic (exact) mass is 329 g/mol. The van der Waals surface area contributed by atoms with Crippen molar-refractivity contribution in [2.45, 2.75) is 31.7 Å². The first-order valence-electron chi connectivity index (χ1n) is 8.25. The van der Waals surface area contributed by atoms with Gasteiger partial charge in [-0.2, -0.15) is 0 Å². The van der Waals surface area contributed by atoms with Crippen LogP contribution in [0, 0.1) is 0 Å². The molecule has 0 unspecified atom stereocenters. The number of ether oxygens (including phenoxy) is 1. The van der Waals surface area contributed by atoms with E-state index in [9.17, 15) is 9.59 Å². The Bertz CT molecular complexity index is 804. The zero-order valence-electron chi connectivity index (χ0n) is 13.3. The third kappa shape index (κ3) is 2.87. The minimum absolute atomic E-state index is 0.186. The van der Waals surface area contributed by atoms with Gasteiger partial charge in [-0.25, -0.2) is 4.98 Å². The molecule has 126 valence electrons. The van der Waals surface area contributed by atoms with Crippen molar-refractivity contribution >= 4 is 5.91 Å². The van der Waals surface area contributed by atoms with E-state index in [4.69, 9.17) is 9.15 Å². The summed E-state index contributed by atoms with van der Waals surface area (Å²) < 4.78 is 11.3. The molecule has 7 heteroatoms. The van der Waals surface area contributed by atoms with Gasteiger partial charge in [0.15, 0.2) is 5.89 Å². The molecule has 24 heavy (non-hydrogen) atoms. The molecule has 1 saturated heterocycles. The third-order valence-electron chi connectivity index (χ3n) is 4.60. The third-order valence-corrected chi connectivity index (χ3v) is 4.60. The fourth-order valence-corrected chi connectivity index (χ4v) is 3.25. The summed E-state index contributed by atoms with van der Waals surface area (Å²) in [6, 6.07) is 4.60. The highest BCUT2D eigenvalue weighted by Gasteiger charge is 2.29. The number of aromatic nitrogens is 2. The van der Waals surface area contributed by atoms with E-state index in [1.165, 1.54) is 6.07 Å². The second-order valence-electron chi connectivity index (χ2n) is 6.21. The number of hydrogen-bond donors (Lipinski definition) is 1. The molecule has 2 aliphatic heterocycles. The van der Waals surface area contributed by atoms with Gasteiger partial charge in [0.05, 0.1) is 6.54 Å². The molecular formula is C17H19N3O4. The predicted molar refractivity (Wildman–Crippen MR) is 84.8 cm³/mol. The van der Waals surface area contributed by atoms with E-state index in [1.54, 1.807) is 17.0 Å². The topological polar surface area (TPSA) is 88.4 Å². The number of carbonyl (C=O) groups is 1. The van der Waals surface area contributed by atoms with Crippen LogP contribution in [0.25, 0.3) is 0 Å². The molecule has 4 heterocycles. The number of oxazole rings is 1. The Morgan fingerprint density at radius 3 is 2.92 bits per heavy atom. The molecule has 0 radical (unpaired) electrons. The lowest BCUT2D eigenvalue weighted by Crippen LogP contribution is -2.36. The van der Waals surface area contributed by atoms with Gasteiger partial charge in [0, 0.05) is 38.2 Å². The Hall–Kier alpha value is -2.41. The van der Waals surface area contributed by atoms with Gasteiger partial charge < -0.3 is 19.0 Å². The average Bonchev–Trinajstić information content (AvgIpc) is 3.05. The van der Waals surface area contributed by atoms with E-state index in [0.717, 1.165) is 43.4 Å². The van der Waals surface area contributed by atoms with Crippen molar-refractivity contribution in [1.29, 1.82) is 0 Å². The normalized spacial score (nSPS) is 18.4. The standard InChI is InChI=1S/C17H19N3O4/c21-15-3-1-2-12(18-15)17(22)20-7-4-14-13(10-20)19-16(24-14)11-5-8-23-9-6-11/h1-3,11H,4-10H2,(H,18,21). The molecular weight excluding hydrogens is 310 g/mol. The Labute approximate surface area is 138 Å². The Kier molecular flexibility index (Phi) is 3.93. The van der Waals surface area contributed by atoms with Crippen LogP contribution < -0.4 is 5.56 Å². The lowest BCUT2D eigenvalue weighted by atomic mass is 10.0. The first-order chi connectivity index (χ1) is 11.7. The van der Waals surface area contributed by atoms with E-state index >= 15 is 0 Å². The van der Waals surface area contributed by atoms with Crippen LogP contribution in [0.5, 0.6) is 0 Å². The maximum atomic E-state index is 12.6. The lowest BCUT2D eigenvalue weighted by Gasteiger charge is -2.25. The summed E-state index contributed by atoms with van der Waals surface area (Å²) in [7, 11) is 0. The molecule has 0 aromatic carbocycles. The average molecular weight is 329 g/mol. The van der Waals surface area contributed by atoms with Crippen molar-refractivity contribution in [1.82, 2.24) is 14.9 Å². The molecule has 2 aromatic rings. The van der Waals surface area contributed by atoms with Crippen LogP contribution in [0.3, 0.4) is 0 Å². The van der Waals surface area contributed by atoms with Crippen molar-refractivity contribution in [2.75, 3.05) is 19.8 Å². The van der Waals surface area contributed by atoms with E-state index < -0.39 is 0 Å². The fraction of sp³-hybridized carbons (Fsp3) is 0.471. The number of aromatic amines is 1. The predicted octanol–water partition coefficient (Wildman–Crippen LogP) is 1.46. The summed E-state index contributed by atoms with van der Waals surface area (Å²) in [6.07, 6.45) is 2.49. The fourth-order valence-electron chi connectivity index (χ4n) is 3.25. The summed E-state index contributed by atoms with van der Waals surface area (Å²) in [6.45, 7) is 2.45. The molecule has 4 rings (SSSR count). The van der Waals surface area contributed by atoms with Gasteiger partial charge in [-0.1, -0.05) is 6.07 Å². The summed E-state index contributed by atoms with van der Waals surface area (Å²) in [5.41, 5.74) is 0.857. The SMILES string of the molecule is O=C(c1cccc(=O)[nH]1)N1CCc2oc(C3CCOCC3)nc2C1. The minimum atomic E-state index is -0.276. The van der Waals surface area contributed by atoms with Gasteiger partial charge in [-0.15, -0.1) is 0 Å². The molecule has 2 aromatic heterocycles. The number of hydrogen-bond acceptors (Lipinski definition) is 5. The van der Waals surface area contributed by atoms with Gasteiger partial charge in [0.1, 0.15) is 17.1 Å². The zero-order chi connectivity index (χ0) is 16.5. The molecule has 0 atom stereocenters. The summed E-state index contributed by atoms with van der Waals surface area (Å²) in [4.78, 5) is 32.9. The highest BCUT2D eigenvalue weighted by Crippen LogP contribution is 2.30. The minimum Gasteiger partial charge on any atom is -0.445 e. The van der Waals surface area contributed by atoms with Gasteiger partial charge in [0.25, 0.3) is 5.91 Å². The van der Waals surface area contributed by atoms with Crippen molar-refractivity contribution in [3.63, 3.8) is 0 Å². The molecule has 0 aliphatic carbocycles. The first kappa shape index (κ1) is 15.1. The van der Waals surface area contributed by atoms with E-state index in [2.05, 4.69) is 9.97 Å². The first-order valence-corrected chi connectivity index (χ1v) is 8.25. The number of amides is 1. The number of H-pyrrole nitrogens is 1. The van der Waals surface area contributed by atoms with Crippen LogP contribution >= 0.6 is 0 Å². The largest absolute Gasteiger partial charge is 0.445 e. The maximum absolute atomic E-state index is 12.6. The van der Waals surface area contributed by atoms with Crippen LogP contribution in [-0.2, 0) is 17.7 Å². The smallest absolute Gasteiger partial charge is 0.270 e. The summed E-state index contributed by atoms with van der Waals surface area (Å²) in [5, 5.41) is 0. The number of nitrogens with one attached hydrogen (secondary N) is 1. The van der Waals surface area contributed by atoms with Crippen LogP contribution in [0.1, 0.15) is 46.6 Å². The number of pyridine rings is 1. The van der Waals surface area contributed by atoms with Gasteiger partial charge in [0.2, 0.25) is 5.56 Å². The Morgan fingerprint density at radius 1 is 1.29 bits per heavy atom. The summed E-state index contributed by atoms with van der Waals surface area (Å²) in [5.74, 6) is 1.76. The molecule has 0 saturated carbocycles. The molecule has 0 bridgehead atoms. The van der Waals surface area contributed by atoms with Crippen LogP contribution in [-0.4, -0.2) is 40.5 Å². The Morgan fingerprint density at radius 2 is 2.12 bits per heavy atom. The number of nitrogens with zero attached hydrogens (tertiary/aromatic N) is 2. The zero-order valence-corrected chi connectivity index (χ0v) is 13.3. The van der Waals surface area contributed by atoms with E-state index in [-0.39, 0.29) is 11.5 Å². The van der Waals surface area contributed by atoms with Crippen molar-refractivity contribution in [2.24, 2.45) is 0 Å². The number of carbonyl (C=O) groups excluding carboxylic acids is 1. The summed E-state index contributed by atoms with van der Waals surface area (Å²) >= 11 is 0. The van der Waals surface area contributed by atoms with Crippen molar-refractivity contribution < 1.29 is 13.9 Å². The van der Waals surface area contributed by atoms with Crippen LogP contribution in [0.2, 0.25) is 0 Å². The second-order valence-corrected chi connectivity index (χ2v) is 6.21. The maximum Gasteiger partial charge on any atom is 0.270 e. The highest BCUT2D eigenvalue weighted by atomic mass is 16.5. The van der Waals surface area contributed by atoms with Gasteiger partial charge >= 0.3 is 0 Å². The van der Waals surface area contributed by atoms with Gasteiger partial charge in [-0.3, -0.25) is 9.59 Å². The Balaban J connectivity index is 1.52. The van der Waals surface area contributed by atoms with E-state index in [0.29, 0.717) is 31.1 Å². The second kappa shape index (κ2) is 6.24. The molecule has 1 N–H and O–H groups in total. The van der Waals surface area contributed by atoms with Gasteiger partial charge in [-0.05, 0) is 18.9 Å². The molecule has 7 nitrogen and oxygen atoms in total. The highest BCUT2D eigenvalue weighted by molar-refractivity contribution is 5.92. The molecule has 2 aliphatic rings. The van der Waals surface area contributed by atoms with Crippen LogP contribution in [0.4, 0.5) is 0 Å². The lowest BCUT2D eigenvalue weighted by molar-refractivity contribution is 0.0719. The molecule has 1 fully saturated rings. The quantitative estimate of drug-likeness (QED) is 0.901. The number of rotatable bonds is 2. The molecule has 1 amide bonds. The number of fused-ring (bicyclic) bond motifs is 1. The van der Waals surface area contributed by atoms with Crippen molar-refractivity contribution in [3.05, 3.63) is 51.6 Å². The molecule has 0 spiro atoms. The van der Waals surface area contributed by atoms with Crippen molar-refractivity contribution in [3.8, 4) is 0 Å². The van der Waals surface area contributed by atoms with E-state index in [1.807, 2.05) is 0 Å².